The van der Waals surface area contributed by atoms with Crippen molar-refractivity contribution in [3.63, 3.8) is 0 Å². The molecule has 0 atom stereocenters. The van der Waals surface area contributed by atoms with E-state index in [0.29, 0.717) is 11.4 Å². The fourth-order valence-corrected chi connectivity index (χ4v) is 5.70. The molecular formula is C31H25ClN4O4S. The number of carbonyl (C=O) groups excluding carboxylic acids is 1. The summed E-state index contributed by atoms with van der Waals surface area (Å²) >= 11 is 6.24. The lowest BCUT2D eigenvalue weighted by molar-refractivity contribution is -0.111. The lowest BCUT2D eigenvalue weighted by Gasteiger charge is -2.13. The second kappa shape index (κ2) is 12.1. The molecule has 0 aliphatic heterocycles. The summed E-state index contributed by atoms with van der Waals surface area (Å²) in [6, 6.07) is 30.2. The van der Waals surface area contributed by atoms with Gasteiger partial charge in [0.2, 0.25) is 5.91 Å². The van der Waals surface area contributed by atoms with Crippen LogP contribution in [0.5, 0.6) is 5.75 Å². The number of nitrogens with zero attached hydrogens (tertiary/aromatic N) is 2. The van der Waals surface area contributed by atoms with Gasteiger partial charge in [-0.05, 0) is 48.5 Å². The van der Waals surface area contributed by atoms with Crippen molar-refractivity contribution >= 4 is 45.0 Å². The smallest absolute Gasteiger partial charge is 0.263 e. The highest BCUT2D eigenvalue weighted by atomic mass is 35.5. The summed E-state index contributed by atoms with van der Waals surface area (Å²) in [5.74, 6) is -0.105. The van der Waals surface area contributed by atoms with Crippen LogP contribution in [0.1, 0.15) is 5.56 Å². The van der Waals surface area contributed by atoms with E-state index in [2.05, 4.69) is 10.0 Å². The fraction of sp³-hybridized carbons (Fsp3) is 0.0323. The molecule has 2 N–H and O–H groups in total. The Morgan fingerprint density at radius 1 is 0.927 bits per heavy atom. The normalized spacial score (nSPS) is 11.4. The fourth-order valence-electron chi connectivity index (χ4n) is 4.11. The summed E-state index contributed by atoms with van der Waals surface area (Å²) in [7, 11) is -2.65. The number of halogens is 1. The number of sulfonamides is 1. The molecule has 4 aromatic carbocycles. The molecule has 8 nitrogen and oxygen atoms in total. The number of nitrogens with one attached hydrogen (secondary N) is 2. The number of hydrogen-bond donors (Lipinski definition) is 2. The molecule has 10 heteroatoms. The highest BCUT2D eigenvalue weighted by Gasteiger charge is 2.21. The van der Waals surface area contributed by atoms with Gasteiger partial charge < -0.3 is 10.1 Å². The van der Waals surface area contributed by atoms with E-state index in [4.69, 9.17) is 21.4 Å². The maximum atomic E-state index is 13.1. The molecule has 1 heterocycles. The lowest BCUT2D eigenvalue weighted by atomic mass is 10.1. The van der Waals surface area contributed by atoms with Gasteiger partial charge in [0.25, 0.3) is 10.0 Å². The van der Waals surface area contributed by atoms with Gasteiger partial charge in [0.1, 0.15) is 10.6 Å². The molecule has 0 saturated heterocycles. The number of hydrogen-bond acceptors (Lipinski definition) is 5. The molecule has 0 radical (unpaired) electrons. The quantitative estimate of drug-likeness (QED) is 0.189. The van der Waals surface area contributed by atoms with Gasteiger partial charge in [-0.2, -0.15) is 5.10 Å². The summed E-state index contributed by atoms with van der Waals surface area (Å²) in [6.45, 7) is 0. The average Bonchev–Trinajstić information content (AvgIpc) is 3.42. The van der Waals surface area contributed by atoms with Crippen LogP contribution in [0.25, 0.3) is 23.0 Å². The first-order valence-corrected chi connectivity index (χ1v) is 14.3. The minimum absolute atomic E-state index is 0.00164. The highest BCUT2D eigenvalue weighted by Crippen LogP contribution is 2.30. The molecule has 1 amide bonds. The number of amides is 1. The number of benzene rings is 4. The second-order valence-electron chi connectivity index (χ2n) is 8.85. The number of methoxy groups -OCH3 is 1. The Morgan fingerprint density at radius 3 is 2.34 bits per heavy atom. The summed E-state index contributed by atoms with van der Waals surface area (Å²) in [5.41, 5.74) is 3.74. The Hall–Kier alpha value is -4.86. The van der Waals surface area contributed by atoms with Crippen LogP contribution < -0.4 is 14.8 Å². The van der Waals surface area contributed by atoms with Gasteiger partial charge >= 0.3 is 0 Å². The molecule has 1 aromatic heterocycles. The van der Waals surface area contributed by atoms with Crippen LogP contribution in [0, 0.1) is 0 Å². The zero-order chi connectivity index (χ0) is 28.8. The third-order valence-corrected chi connectivity index (χ3v) is 7.91. The maximum Gasteiger partial charge on any atom is 0.263 e. The molecule has 0 bridgehead atoms. The van der Waals surface area contributed by atoms with Crippen molar-refractivity contribution in [2.75, 3.05) is 17.1 Å². The Kier molecular flexibility index (Phi) is 8.19. The van der Waals surface area contributed by atoms with Crippen molar-refractivity contribution in [3.05, 3.63) is 126 Å². The van der Waals surface area contributed by atoms with Gasteiger partial charge in [-0.15, -0.1) is 0 Å². The van der Waals surface area contributed by atoms with E-state index in [0.717, 1.165) is 16.8 Å². The van der Waals surface area contributed by atoms with Crippen molar-refractivity contribution < 1.29 is 17.9 Å². The standard InChI is InChI=1S/C31H25ClN4O4S/c1-40-28-15-9-8-14-27(28)35-41(38,39)29-20-24(17-18-26(29)32)33-30(37)19-16-23-21-36(25-12-6-3-7-13-25)34-31(23)22-10-4-2-5-11-22/h2-21,35H,1H3,(H,33,37)/b19-16+. The van der Waals surface area contributed by atoms with Crippen molar-refractivity contribution in [1.82, 2.24) is 9.78 Å². The number of anilines is 2. The van der Waals surface area contributed by atoms with Crippen molar-refractivity contribution in [3.8, 4) is 22.7 Å². The van der Waals surface area contributed by atoms with Crippen LogP contribution in [0.4, 0.5) is 11.4 Å². The third kappa shape index (κ3) is 6.49. The van der Waals surface area contributed by atoms with Gasteiger partial charge in [0, 0.05) is 29.1 Å². The van der Waals surface area contributed by atoms with Crippen molar-refractivity contribution in [2.24, 2.45) is 0 Å². The molecule has 41 heavy (non-hydrogen) atoms. The average molecular weight is 585 g/mol. The Labute approximate surface area is 242 Å². The molecule has 5 aromatic rings. The number of aromatic nitrogens is 2. The van der Waals surface area contributed by atoms with Crippen LogP contribution in [0.15, 0.2) is 120 Å². The van der Waals surface area contributed by atoms with Gasteiger partial charge in [-0.25, -0.2) is 13.1 Å². The predicted molar refractivity (Wildman–Crippen MR) is 162 cm³/mol. The number of para-hydroxylation sites is 3. The summed E-state index contributed by atoms with van der Waals surface area (Å²) in [5, 5.41) is 7.45. The zero-order valence-corrected chi connectivity index (χ0v) is 23.4. The molecular weight excluding hydrogens is 560 g/mol. The monoisotopic (exact) mass is 584 g/mol. The van der Waals surface area contributed by atoms with E-state index in [1.807, 2.05) is 66.9 Å². The van der Waals surface area contributed by atoms with Crippen molar-refractivity contribution in [2.45, 2.75) is 4.90 Å². The SMILES string of the molecule is COc1ccccc1NS(=O)(=O)c1cc(NC(=O)/C=C/c2cn(-c3ccccc3)nc2-c2ccccc2)ccc1Cl. The number of rotatable bonds is 9. The van der Waals surface area contributed by atoms with E-state index in [9.17, 15) is 13.2 Å². The minimum Gasteiger partial charge on any atom is -0.495 e. The second-order valence-corrected chi connectivity index (χ2v) is 10.9. The number of carbonyl (C=O) groups is 1. The van der Waals surface area contributed by atoms with E-state index < -0.39 is 15.9 Å². The minimum atomic E-state index is -4.09. The molecule has 0 spiro atoms. The molecule has 5 rings (SSSR count). The predicted octanol–water partition coefficient (Wildman–Crippen LogP) is 6.65. The maximum absolute atomic E-state index is 13.1. The summed E-state index contributed by atoms with van der Waals surface area (Å²) < 4.78 is 35.8. The topological polar surface area (TPSA) is 102 Å². The van der Waals surface area contributed by atoms with Gasteiger partial charge in [-0.3, -0.25) is 9.52 Å². The van der Waals surface area contributed by atoms with Crippen LogP contribution in [0.3, 0.4) is 0 Å². The Morgan fingerprint density at radius 2 is 1.61 bits per heavy atom. The first-order valence-electron chi connectivity index (χ1n) is 12.5. The molecule has 0 aliphatic carbocycles. The summed E-state index contributed by atoms with van der Waals surface area (Å²) in [4.78, 5) is 12.7. The highest BCUT2D eigenvalue weighted by molar-refractivity contribution is 7.92. The van der Waals surface area contributed by atoms with E-state index in [1.165, 1.54) is 31.4 Å². The van der Waals surface area contributed by atoms with Gasteiger partial charge in [-0.1, -0.05) is 72.3 Å². The van der Waals surface area contributed by atoms with Crippen molar-refractivity contribution in [1.29, 1.82) is 0 Å². The van der Waals surface area contributed by atoms with E-state index in [-0.39, 0.29) is 21.3 Å². The third-order valence-electron chi connectivity index (χ3n) is 6.06. The molecule has 0 unspecified atom stereocenters. The van der Waals surface area contributed by atoms with Crippen LogP contribution >= 0.6 is 11.6 Å². The van der Waals surface area contributed by atoms with Crippen LogP contribution in [0.2, 0.25) is 5.02 Å². The van der Waals surface area contributed by atoms with Gasteiger partial charge in [0.05, 0.1) is 29.2 Å². The molecule has 0 aliphatic rings. The first kappa shape index (κ1) is 27.7. The van der Waals surface area contributed by atoms with E-state index >= 15 is 0 Å². The van der Waals surface area contributed by atoms with Gasteiger partial charge in [0.15, 0.2) is 0 Å². The number of ether oxygens (including phenoxy) is 1. The largest absolute Gasteiger partial charge is 0.495 e. The van der Waals surface area contributed by atoms with Crippen LogP contribution in [-0.4, -0.2) is 31.2 Å². The van der Waals surface area contributed by atoms with E-state index in [1.54, 1.807) is 35.0 Å². The summed E-state index contributed by atoms with van der Waals surface area (Å²) in [6.07, 6.45) is 4.88. The first-order chi connectivity index (χ1) is 19.8. The molecule has 0 saturated carbocycles. The zero-order valence-electron chi connectivity index (χ0n) is 21.9. The lowest BCUT2D eigenvalue weighted by Crippen LogP contribution is -2.15. The Bertz CT molecular complexity index is 1820. The Balaban J connectivity index is 1.38. The molecule has 206 valence electrons. The molecule has 0 fully saturated rings. The van der Waals surface area contributed by atoms with Crippen LogP contribution in [-0.2, 0) is 14.8 Å².